The van der Waals surface area contributed by atoms with E-state index in [-0.39, 0.29) is 10.6 Å². The fourth-order valence-electron chi connectivity index (χ4n) is 1.79. The van der Waals surface area contributed by atoms with E-state index in [1.165, 1.54) is 25.1 Å². The number of carbonyl (C=O) groups is 3. The molecule has 2 aromatic rings. The van der Waals surface area contributed by atoms with Crippen molar-refractivity contribution in [3.05, 3.63) is 69.7 Å². The smallest absolute Gasteiger partial charge is 0.338 e. The normalized spacial score (nSPS) is 11.3. The molecule has 0 radical (unpaired) electrons. The van der Waals surface area contributed by atoms with Gasteiger partial charge in [0.15, 0.2) is 6.10 Å². The van der Waals surface area contributed by atoms with Crippen molar-refractivity contribution in [2.24, 2.45) is 0 Å². The maximum Gasteiger partial charge on any atom is 0.338 e. The predicted octanol–water partition coefficient (Wildman–Crippen LogP) is 3.00. The highest BCUT2D eigenvalue weighted by atomic mass is 35.5. The molecule has 0 bridgehead atoms. The Kier molecular flexibility index (Phi) is 6.38. The van der Waals surface area contributed by atoms with Crippen LogP contribution in [0.5, 0.6) is 0 Å². The van der Waals surface area contributed by atoms with E-state index in [2.05, 4.69) is 10.9 Å². The molecule has 0 heterocycles. The number of nitrogens with one attached hydrogen (secondary N) is 2. The summed E-state index contributed by atoms with van der Waals surface area (Å²) in [6.45, 7) is 1.37. The highest BCUT2D eigenvalue weighted by Crippen LogP contribution is 2.23. The number of ether oxygens (including phenoxy) is 1. The van der Waals surface area contributed by atoms with Crippen molar-refractivity contribution in [3.8, 4) is 0 Å². The molecule has 2 aromatic carbocycles. The molecular formula is C17H14Cl2N2O4. The maximum absolute atomic E-state index is 12.0. The van der Waals surface area contributed by atoms with Crippen LogP contribution < -0.4 is 10.9 Å². The topological polar surface area (TPSA) is 84.5 Å². The second-order valence-corrected chi connectivity index (χ2v) is 5.80. The minimum atomic E-state index is -1.13. The molecule has 6 nitrogen and oxygen atoms in total. The second kappa shape index (κ2) is 8.50. The Morgan fingerprint density at radius 3 is 2.24 bits per heavy atom. The molecular weight excluding hydrogens is 367 g/mol. The van der Waals surface area contributed by atoms with E-state index in [1.54, 1.807) is 30.3 Å². The number of hydrogen-bond donors (Lipinski definition) is 2. The van der Waals surface area contributed by atoms with Gasteiger partial charge >= 0.3 is 5.97 Å². The summed E-state index contributed by atoms with van der Waals surface area (Å²) in [5.41, 5.74) is 4.97. The average molecular weight is 381 g/mol. The van der Waals surface area contributed by atoms with Crippen LogP contribution in [0.15, 0.2) is 48.5 Å². The van der Waals surface area contributed by atoms with Gasteiger partial charge in [-0.1, -0.05) is 41.4 Å². The van der Waals surface area contributed by atoms with Gasteiger partial charge in [-0.2, -0.15) is 0 Å². The first-order chi connectivity index (χ1) is 11.9. The van der Waals surface area contributed by atoms with E-state index in [0.29, 0.717) is 10.6 Å². The molecule has 2 N–H and O–H groups in total. The van der Waals surface area contributed by atoms with Crippen LogP contribution in [0, 0.1) is 0 Å². The minimum Gasteiger partial charge on any atom is -0.449 e. The summed E-state index contributed by atoms with van der Waals surface area (Å²) >= 11 is 11.6. The summed E-state index contributed by atoms with van der Waals surface area (Å²) in [4.78, 5) is 35.7. The third kappa shape index (κ3) is 5.20. The number of rotatable bonds is 4. The van der Waals surface area contributed by atoms with E-state index in [0.717, 1.165) is 0 Å². The van der Waals surface area contributed by atoms with Gasteiger partial charge < -0.3 is 4.74 Å². The molecule has 2 rings (SSSR count). The average Bonchev–Trinajstić information content (AvgIpc) is 2.62. The number of amides is 2. The van der Waals surface area contributed by atoms with Crippen molar-refractivity contribution >= 4 is 41.0 Å². The van der Waals surface area contributed by atoms with Crippen LogP contribution in [0.25, 0.3) is 0 Å². The number of benzene rings is 2. The van der Waals surface area contributed by atoms with Gasteiger partial charge in [0.1, 0.15) is 0 Å². The van der Waals surface area contributed by atoms with Crippen molar-refractivity contribution in [1.82, 2.24) is 10.9 Å². The lowest BCUT2D eigenvalue weighted by molar-refractivity contribution is -0.129. The van der Waals surface area contributed by atoms with Crippen LogP contribution >= 0.6 is 23.2 Å². The molecule has 0 aliphatic carbocycles. The molecule has 0 unspecified atom stereocenters. The van der Waals surface area contributed by atoms with Gasteiger partial charge in [-0.3, -0.25) is 20.4 Å². The van der Waals surface area contributed by atoms with Crippen LogP contribution in [0.4, 0.5) is 0 Å². The van der Waals surface area contributed by atoms with Crippen molar-refractivity contribution in [3.63, 3.8) is 0 Å². The van der Waals surface area contributed by atoms with Gasteiger partial charge in [-0.25, -0.2) is 4.79 Å². The van der Waals surface area contributed by atoms with Gasteiger partial charge in [-0.15, -0.1) is 0 Å². The zero-order chi connectivity index (χ0) is 18.4. The summed E-state index contributed by atoms with van der Waals surface area (Å²) in [7, 11) is 0. The van der Waals surface area contributed by atoms with Crippen molar-refractivity contribution < 1.29 is 19.1 Å². The fourth-order valence-corrected chi connectivity index (χ4v) is 2.09. The van der Waals surface area contributed by atoms with Crippen LogP contribution in [0.3, 0.4) is 0 Å². The van der Waals surface area contributed by atoms with Crippen molar-refractivity contribution in [2.75, 3.05) is 0 Å². The SMILES string of the molecule is C[C@@H](OC(=O)c1ccc(Cl)c(Cl)c1)C(=O)NNC(=O)c1ccccc1. The number of carbonyl (C=O) groups excluding carboxylic acids is 3. The lowest BCUT2D eigenvalue weighted by atomic mass is 10.2. The lowest BCUT2D eigenvalue weighted by Gasteiger charge is -2.14. The summed E-state index contributed by atoms with van der Waals surface area (Å²) < 4.78 is 5.03. The van der Waals surface area contributed by atoms with E-state index in [9.17, 15) is 14.4 Å². The first-order valence-electron chi connectivity index (χ1n) is 7.19. The molecule has 0 saturated heterocycles. The Morgan fingerprint density at radius 1 is 0.920 bits per heavy atom. The lowest BCUT2D eigenvalue weighted by Crippen LogP contribution is -2.46. The fraction of sp³-hybridized carbons (Fsp3) is 0.118. The Morgan fingerprint density at radius 2 is 1.60 bits per heavy atom. The third-order valence-corrected chi connectivity index (χ3v) is 3.88. The zero-order valence-electron chi connectivity index (χ0n) is 13.1. The maximum atomic E-state index is 12.0. The van der Waals surface area contributed by atoms with Gasteiger partial charge in [0.2, 0.25) is 0 Å². The van der Waals surface area contributed by atoms with E-state index in [1.807, 2.05) is 0 Å². The van der Waals surface area contributed by atoms with Crippen LogP contribution in [-0.4, -0.2) is 23.9 Å². The quantitative estimate of drug-likeness (QED) is 0.630. The van der Waals surface area contributed by atoms with Gasteiger partial charge in [-0.05, 0) is 37.3 Å². The van der Waals surface area contributed by atoms with Crippen LogP contribution in [0.1, 0.15) is 27.6 Å². The van der Waals surface area contributed by atoms with E-state index >= 15 is 0 Å². The highest BCUT2D eigenvalue weighted by Gasteiger charge is 2.20. The number of esters is 1. The van der Waals surface area contributed by atoms with Crippen LogP contribution in [-0.2, 0) is 9.53 Å². The molecule has 0 aromatic heterocycles. The van der Waals surface area contributed by atoms with Gasteiger partial charge in [0.05, 0.1) is 15.6 Å². The summed E-state index contributed by atoms with van der Waals surface area (Å²) in [6.07, 6.45) is -1.13. The van der Waals surface area contributed by atoms with Crippen molar-refractivity contribution in [2.45, 2.75) is 13.0 Å². The number of halogens is 2. The largest absolute Gasteiger partial charge is 0.449 e. The van der Waals surface area contributed by atoms with E-state index < -0.39 is 23.9 Å². The first-order valence-corrected chi connectivity index (χ1v) is 7.95. The predicted molar refractivity (Wildman–Crippen MR) is 93.4 cm³/mol. The van der Waals surface area contributed by atoms with Crippen molar-refractivity contribution in [1.29, 1.82) is 0 Å². The molecule has 1 atom stereocenters. The minimum absolute atomic E-state index is 0.155. The molecule has 0 fully saturated rings. The molecule has 8 heteroatoms. The zero-order valence-corrected chi connectivity index (χ0v) is 14.6. The summed E-state index contributed by atoms with van der Waals surface area (Å²) in [5.74, 6) is -1.91. The Hall–Kier alpha value is -2.57. The Labute approximate surface area is 154 Å². The summed E-state index contributed by atoms with van der Waals surface area (Å²) in [6, 6.07) is 12.6. The third-order valence-electron chi connectivity index (χ3n) is 3.14. The Balaban J connectivity index is 1.88. The molecule has 25 heavy (non-hydrogen) atoms. The molecule has 0 aliphatic heterocycles. The standard InChI is InChI=1S/C17H14Cl2N2O4/c1-10(25-17(24)12-7-8-13(18)14(19)9-12)15(22)20-21-16(23)11-5-3-2-4-6-11/h2-10H,1H3,(H,20,22)(H,21,23)/t10-/m1/s1. The van der Waals surface area contributed by atoms with Gasteiger partial charge in [0.25, 0.3) is 11.8 Å². The first kappa shape index (κ1) is 18.8. The second-order valence-electron chi connectivity index (χ2n) is 4.99. The van der Waals surface area contributed by atoms with Gasteiger partial charge in [0, 0.05) is 5.56 Å². The molecule has 0 spiro atoms. The van der Waals surface area contributed by atoms with E-state index in [4.69, 9.17) is 27.9 Å². The molecule has 0 aliphatic rings. The Bertz CT molecular complexity index is 796. The molecule has 130 valence electrons. The highest BCUT2D eigenvalue weighted by molar-refractivity contribution is 6.42. The summed E-state index contributed by atoms with van der Waals surface area (Å²) in [5, 5.41) is 0.496. The number of hydrazine groups is 1. The monoisotopic (exact) mass is 380 g/mol. The number of hydrogen-bond acceptors (Lipinski definition) is 4. The molecule has 2 amide bonds. The van der Waals surface area contributed by atoms with Crippen LogP contribution in [0.2, 0.25) is 10.0 Å². The molecule has 0 saturated carbocycles.